The Morgan fingerprint density at radius 1 is 0.968 bits per heavy atom. The molecule has 3 aromatic rings. The number of rotatable bonds is 6. The minimum absolute atomic E-state index is 0.0230. The van der Waals surface area contributed by atoms with Gasteiger partial charge in [0.1, 0.15) is 11.6 Å². The molecule has 0 N–H and O–H groups in total. The van der Waals surface area contributed by atoms with Gasteiger partial charge in [-0.3, -0.25) is 9.36 Å². The summed E-state index contributed by atoms with van der Waals surface area (Å²) < 4.78 is 1.76. The number of hydrogen-bond donors (Lipinski definition) is 0. The lowest BCUT2D eigenvalue weighted by Crippen LogP contribution is -2.35. The van der Waals surface area contributed by atoms with Crippen molar-refractivity contribution in [1.29, 1.82) is 0 Å². The molecule has 4 rings (SSSR count). The minimum Gasteiger partial charge on any atom is -0.356 e. The number of anilines is 1. The highest BCUT2D eigenvalue weighted by atomic mass is 32.2. The summed E-state index contributed by atoms with van der Waals surface area (Å²) in [6.45, 7) is 4.02. The molecule has 31 heavy (non-hydrogen) atoms. The average Bonchev–Trinajstić information content (AvgIpc) is 2.84. The Morgan fingerprint density at radius 3 is 2.26 bits per heavy atom. The molecule has 2 aromatic carbocycles. The highest BCUT2D eigenvalue weighted by Gasteiger charge is 2.22. The molecule has 160 valence electrons. The number of piperidine rings is 1. The fraction of sp³-hybridized carbons (Fsp3) is 0.308. The van der Waals surface area contributed by atoms with E-state index in [0.29, 0.717) is 16.6 Å². The summed E-state index contributed by atoms with van der Waals surface area (Å²) in [4.78, 5) is 21.4. The van der Waals surface area contributed by atoms with Crippen LogP contribution in [-0.4, -0.2) is 34.1 Å². The van der Waals surface area contributed by atoms with E-state index in [1.54, 1.807) is 16.3 Å². The predicted octanol–water partition coefficient (Wildman–Crippen LogP) is 5.65. The Bertz CT molecular complexity index is 1090. The molecule has 1 saturated heterocycles. The van der Waals surface area contributed by atoms with Crippen molar-refractivity contribution in [2.24, 2.45) is 0 Å². The van der Waals surface area contributed by atoms with E-state index >= 15 is 0 Å². The van der Waals surface area contributed by atoms with Gasteiger partial charge in [0.2, 0.25) is 0 Å². The van der Waals surface area contributed by atoms with E-state index in [-0.39, 0.29) is 5.56 Å². The maximum Gasteiger partial charge on any atom is 0.267 e. The molecule has 1 aliphatic rings. The lowest BCUT2D eigenvalue weighted by atomic mass is 10.1. The maximum absolute atomic E-state index is 14.0. The van der Waals surface area contributed by atoms with Gasteiger partial charge in [0, 0.05) is 23.9 Å². The first-order chi connectivity index (χ1) is 15.2. The van der Waals surface area contributed by atoms with Gasteiger partial charge in [-0.05, 0) is 50.7 Å². The van der Waals surface area contributed by atoms with Crippen LogP contribution in [0.2, 0.25) is 0 Å². The van der Waals surface area contributed by atoms with Gasteiger partial charge in [-0.1, -0.05) is 54.6 Å². The number of nitrogens with zero attached hydrogens (tertiary/aromatic N) is 3. The van der Waals surface area contributed by atoms with Crippen molar-refractivity contribution in [1.82, 2.24) is 9.55 Å². The Hall–Kier alpha value is -2.79. The Balaban J connectivity index is 1.99. The standard InChI is InChI=1S/C26H29N3OS/c1-20(31-2)16-17-23-25(28-18-10-5-11-19-28)27-24(21-12-6-3-7-13-21)29(26(23)30)22-14-8-4-9-15-22/h3-4,6-9,12-17,20H,5,10-11,18-19H2,1-2H3/b17-16+. The molecule has 0 bridgehead atoms. The summed E-state index contributed by atoms with van der Waals surface area (Å²) in [6.07, 6.45) is 9.67. The maximum atomic E-state index is 14.0. The summed E-state index contributed by atoms with van der Waals surface area (Å²) in [5, 5.41) is 0.326. The highest BCUT2D eigenvalue weighted by Crippen LogP contribution is 2.27. The molecule has 1 aromatic heterocycles. The van der Waals surface area contributed by atoms with Gasteiger partial charge < -0.3 is 4.90 Å². The van der Waals surface area contributed by atoms with Crippen LogP contribution in [0.25, 0.3) is 23.2 Å². The quantitative estimate of drug-likeness (QED) is 0.505. The molecule has 0 aliphatic carbocycles. The second-order valence-corrected chi connectivity index (χ2v) is 9.08. The second kappa shape index (κ2) is 10.0. The van der Waals surface area contributed by atoms with Gasteiger partial charge in [0.25, 0.3) is 5.56 Å². The first-order valence-electron chi connectivity index (χ1n) is 10.9. The van der Waals surface area contributed by atoms with Crippen LogP contribution in [-0.2, 0) is 0 Å². The third-order valence-corrected chi connectivity index (χ3v) is 6.61. The zero-order valence-electron chi connectivity index (χ0n) is 18.2. The van der Waals surface area contributed by atoms with Gasteiger partial charge in [-0.15, -0.1) is 0 Å². The number of hydrogen-bond acceptors (Lipinski definition) is 4. The van der Waals surface area contributed by atoms with Crippen molar-refractivity contribution < 1.29 is 0 Å². The van der Waals surface area contributed by atoms with E-state index in [4.69, 9.17) is 4.98 Å². The van der Waals surface area contributed by atoms with Gasteiger partial charge in [-0.2, -0.15) is 11.8 Å². The first-order valence-corrected chi connectivity index (χ1v) is 12.2. The van der Waals surface area contributed by atoms with Crippen molar-refractivity contribution in [3.05, 3.63) is 82.7 Å². The van der Waals surface area contributed by atoms with E-state index < -0.39 is 0 Å². The molecule has 0 spiro atoms. The lowest BCUT2D eigenvalue weighted by Gasteiger charge is -2.30. The Kier molecular flexibility index (Phi) is 6.92. The monoisotopic (exact) mass is 431 g/mol. The van der Waals surface area contributed by atoms with Crippen LogP contribution in [0.5, 0.6) is 0 Å². The lowest BCUT2D eigenvalue weighted by molar-refractivity contribution is 0.572. The van der Waals surface area contributed by atoms with Gasteiger partial charge in [0.05, 0.1) is 11.3 Å². The summed E-state index contributed by atoms with van der Waals surface area (Å²) >= 11 is 1.76. The van der Waals surface area contributed by atoms with Gasteiger partial charge >= 0.3 is 0 Å². The van der Waals surface area contributed by atoms with Crippen molar-refractivity contribution >= 4 is 23.7 Å². The molecule has 1 unspecified atom stereocenters. The summed E-state index contributed by atoms with van der Waals surface area (Å²) in [6, 6.07) is 19.8. The van der Waals surface area contributed by atoms with E-state index in [0.717, 1.165) is 43.0 Å². The van der Waals surface area contributed by atoms with Crippen LogP contribution in [0.3, 0.4) is 0 Å². The van der Waals surface area contributed by atoms with Gasteiger partial charge in [0.15, 0.2) is 0 Å². The summed E-state index contributed by atoms with van der Waals surface area (Å²) in [7, 11) is 0. The van der Waals surface area contributed by atoms with Crippen LogP contribution in [0.4, 0.5) is 5.82 Å². The number of aromatic nitrogens is 2. The van der Waals surface area contributed by atoms with Crippen LogP contribution < -0.4 is 10.5 Å². The SMILES string of the molecule is CSC(C)/C=C/c1c(N2CCCCC2)nc(-c2ccccc2)n(-c2ccccc2)c1=O. The largest absolute Gasteiger partial charge is 0.356 e. The predicted molar refractivity (Wildman–Crippen MR) is 133 cm³/mol. The van der Waals surface area contributed by atoms with E-state index in [2.05, 4.69) is 24.2 Å². The topological polar surface area (TPSA) is 38.1 Å². The zero-order valence-corrected chi connectivity index (χ0v) is 19.0. The fourth-order valence-corrected chi connectivity index (χ4v) is 4.16. The van der Waals surface area contributed by atoms with E-state index in [1.165, 1.54) is 6.42 Å². The molecule has 5 heteroatoms. The molecule has 2 heterocycles. The van der Waals surface area contributed by atoms with Crippen LogP contribution in [0.1, 0.15) is 31.7 Å². The van der Waals surface area contributed by atoms with Crippen molar-refractivity contribution in [3.63, 3.8) is 0 Å². The average molecular weight is 432 g/mol. The molecule has 1 fully saturated rings. The fourth-order valence-electron chi connectivity index (χ4n) is 3.92. The normalized spacial score (nSPS) is 15.4. The smallest absolute Gasteiger partial charge is 0.267 e. The number of para-hydroxylation sites is 1. The number of thioether (sulfide) groups is 1. The van der Waals surface area contributed by atoms with Crippen molar-refractivity contribution in [2.75, 3.05) is 24.2 Å². The van der Waals surface area contributed by atoms with Crippen LogP contribution in [0, 0.1) is 0 Å². The summed E-state index contributed by atoms with van der Waals surface area (Å²) in [5.74, 6) is 1.49. The molecular formula is C26H29N3OS. The number of benzene rings is 2. The first kappa shape index (κ1) is 21.4. The van der Waals surface area contributed by atoms with Crippen molar-refractivity contribution in [2.45, 2.75) is 31.4 Å². The third kappa shape index (κ3) is 4.77. The Labute approximate surface area is 188 Å². The van der Waals surface area contributed by atoms with Crippen molar-refractivity contribution in [3.8, 4) is 17.1 Å². The Morgan fingerprint density at radius 2 is 1.61 bits per heavy atom. The van der Waals surface area contributed by atoms with E-state index in [1.807, 2.05) is 66.7 Å². The molecule has 0 radical (unpaired) electrons. The molecule has 4 nitrogen and oxygen atoms in total. The van der Waals surface area contributed by atoms with Gasteiger partial charge in [-0.25, -0.2) is 4.98 Å². The summed E-state index contributed by atoms with van der Waals surface area (Å²) in [5.41, 5.74) is 2.42. The minimum atomic E-state index is -0.0230. The molecule has 0 amide bonds. The molecule has 0 saturated carbocycles. The molecule has 1 atom stereocenters. The van der Waals surface area contributed by atoms with Crippen LogP contribution in [0.15, 0.2) is 71.5 Å². The zero-order chi connectivity index (χ0) is 21.6. The molecular weight excluding hydrogens is 402 g/mol. The van der Waals surface area contributed by atoms with E-state index in [9.17, 15) is 4.79 Å². The highest BCUT2D eigenvalue weighted by molar-refractivity contribution is 7.99. The van der Waals surface area contributed by atoms with Crippen LogP contribution >= 0.6 is 11.8 Å². The second-order valence-electron chi connectivity index (χ2n) is 7.86. The third-order valence-electron chi connectivity index (χ3n) is 5.71. The molecule has 1 aliphatic heterocycles.